The Hall–Kier alpha value is 0.150. The Bertz CT molecular complexity index is 157. The summed E-state index contributed by atoms with van der Waals surface area (Å²) < 4.78 is 10.5. The molecular weight excluding hydrogens is 163 g/mol. The molecule has 1 aliphatic rings. The summed E-state index contributed by atoms with van der Waals surface area (Å²) in [6.45, 7) is 0. The Balaban J connectivity index is 2.30. The fourth-order valence-electron chi connectivity index (χ4n) is 1.56. The average Bonchev–Trinajstić information content (AvgIpc) is 1.85. The third-order valence-electron chi connectivity index (χ3n) is 2.05. The van der Waals surface area contributed by atoms with E-state index in [1.54, 1.807) is 0 Å². The molecule has 0 unspecified atom stereocenters. The van der Waals surface area contributed by atoms with E-state index in [4.69, 9.17) is 9.79 Å². The molecule has 11 heavy (non-hydrogen) atoms. The van der Waals surface area contributed by atoms with Gasteiger partial charge >= 0.3 is 7.60 Å². The molecule has 4 heteroatoms. The molecule has 0 aliphatic heterocycles. The molecule has 0 aromatic carbocycles. The Morgan fingerprint density at radius 2 is 1.73 bits per heavy atom. The highest BCUT2D eigenvalue weighted by atomic mass is 31.2. The Labute approximate surface area is 67.0 Å². The van der Waals surface area contributed by atoms with Gasteiger partial charge in [-0.15, -0.1) is 0 Å². The lowest BCUT2D eigenvalue weighted by Gasteiger charge is -2.20. The van der Waals surface area contributed by atoms with Gasteiger partial charge in [-0.2, -0.15) is 0 Å². The van der Waals surface area contributed by atoms with Gasteiger partial charge in [-0.05, 0) is 18.8 Å². The summed E-state index contributed by atoms with van der Waals surface area (Å²) in [6, 6.07) is 0. The largest absolute Gasteiger partial charge is 0.329 e. The zero-order valence-electron chi connectivity index (χ0n) is 6.44. The van der Waals surface area contributed by atoms with E-state index in [-0.39, 0.29) is 5.92 Å². The maximum Gasteiger partial charge on any atom is 0.329 e. The summed E-state index contributed by atoms with van der Waals surface area (Å²) in [5.74, 6) is 0.157. The van der Waals surface area contributed by atoms with Crippen molar-refractivity contribution in [2.45, 2.75) is 32.1 Å². The van der Waals surface area contributed by atoms with Crippen LogP contribution in [-0.4, -0.2) is 9.79 Å². The molecule has 1 aliphatic carbocycles. The number of rotatable bonds is 2. The van der Waals surface area contributed by atoms with Crippen molar-refractivity contribution in [2.24, 2.45) is 5.92 Å². The van der Waals surface area contributed by atoms with E-state index in [9.17, 15) is 4.57 Å². The van der Waals surface area contributed by atoms with E-state index < -0.39 is 7.60 Å². The van der Waals surface area contributed by atoms with E-state index in [1.807, 2.05) is 0 Å². The minimum Gasteiger partial charge on any atom is -0.324 e. The van der Waals surface area contributed by atoms with Crippen LogP contribution in [0.4, 0.5) is 0 Å². The highest BCUT2D eigenvalue weighted by Gasteiger charge is 2.23. The molecule has 0 saturated heterocycles. The van der Waals surface area contributed by atoms with Gasteiger partial charge < -0.3 is 9.79 Å². The Kier molecular flexibility index (Phi) is 3.11. The molecule has 0 spiro atoms. The summed E-state index contributed by atoms with van der Waals surface area (Å²) in [7, 11) is -3.86. The molecule has 1 radical (unpaired) electrons. The van der Waals surface area contributed by atoms with Crippen molar-refractivity contribution >= 4 is 7.60 Å². The van der Waals surface area contributed by atoms with Gasteiger partial charge in [0.25, 0.3) is 0 Å². The lowest BCUT2D eigenvalue weighted by atomic mass is 9.91. The summed E-state index contributed by atoms with van der Waals surface area (Å²) in [5.41, 5.74) is 0. The first-order chi connectivity index (χ1) is 5.08. The lowest BCUT2D eigenvalue weighted by molar-refractivity contribution is 0.353. The van der Waals surface area contributed by atoms with Crippen LogP contribution in [-0.2, 0) is 4.57 Å². The molecule has 65 valence electrons. The van der Waals surface area contributed by atoms with Gasteiger partial charge in [-0.25, -0.2) is 0 Å². The van der Waals surface area contributed by atoms with Crippen molar-refractivity contribution in [3.63, 3.8) is 0 Å². The number of hydrogen-bond donors (Lipinski definition) is 2. The first-order valence-electron chi connectivity index (χ1n) is 3.99. The molecule has 0 atom stereocenters. The molecule has 2 N–H and O–H groups in total. The third-order valence-corrected chi connectivity index (χ3v) is 2.86. The van der Waals surface area contributed by atoms with E-state index in [0.717, 1.165) is 25.7 Å². The highest BCUT2D eigenvalue weighted by Crippen LogP contribution is 2.45. The van der Waals surface area contributed by atoms with Crippen LogP contribution in [0.2, 0.25) is 0 Å². The molecule has 0 amide bonds. The SMILES string of the molecule is O=P(O)(O)[CH]C1CCCCC1. The standard InChI is InChI=1S/C7H14O3P/c8-11(9,10)6-7-4-2-1-3-5-7/h6-7H,1-5H2,(H2,8,9,10). The minimum absolute atomic E-state index is 0.157. The fraction of sp³-hybridized carbons (Fsp3) is 0.857. The molecule has 0 aromatic heterocycles. The van der Waals surface area contributed by atoms with Crippen LogP contribution in [0.15, 0.2) is 0 Å². The Morgan fingerprint density at radius 3 is 2.18 bits per heavy atom. The zero-order chi connectivity index (χ0) is 8.32. The van der Waals surface area contributed by atoms with Crippen LogP contribution in [0.1, 0.15) is 32.1 Å². The molecule has 1 rings (SSSR count). The van der Waals surface area contributed by atoms with Crippen LogP contribution in [0, 0.1) is 12.1 Å². The van der Waals surface area contributed by atoms with Crippen LogP contribution in [0.5, 0.6) is 0 Å². The summed E-state index contributed by atoms with van der Waals surface area (Å²) >= 11 is 0. The quantitative estimate of drug-likeness (QED) is 0.633. The van der Waals surface area contributed by atoms with E-state index in [2.05, 4.69) is 0 Å². The molecule has 1 saturated carbocycles. The van der Waals surface area contributed by atoms with Gasteiger partial charge in [0.05, 0.1) is 6.16 Å². The maximum atomic E-state index is 10.5. The first-order valence-corrected chi connectivity index (χ1v) is 5.67. The average molecular weight is 177 g/mol. The van der Waals surface area contributed by atoms with Crippen LogP contribution in [0.3, 0.4) is 0 Å². The summed E-state index contributed by atoms with van der Waals surface area (Å²) in [4.78, 5) is 17.3. The second kappa shape index (κ2) is 3.70. The van der Waals surface area contributed by atoms with Crippen molar-refractivity contribution in [3.05, 3.63) is 6.16 Å². The van der Waals surface area contributed by atoms with Crippen LogP contribution in [0.25, 0.3) is 0 Å². The molecule has 3 nitrogen and oxygen atoms in total. The topological polar surface area (TPSA) is 57.5 Å². The number of hydrogen-bond acceptors (Lipinski definition) is 1. The second-order valence-corrected chi connectivity index (χ2v) is 4.61. The van der Waals surface area contributed by atoms with E-state index in [1.165, 1.54) is 12.6 Å². The van der Waals surface area contributed by atoms with Crippen LogP contribution >= 0.6 is 7.60 Å². The van der Waals surface area contributed by atoms with Gasteiger partial charge in [0.15, 0.2) is 0 Å². The molecular formula is C7H14O3P. The van der Waals surface area contributed by atoms with Crippen molar-refractivity contribution in [3.8, 4) is 0 Å². The summed E-state index contributed by atoms with van der Waals surface area (Å²) in [5, 5.41) is 0. The monoisotopic (exact) mass is 177 g/mol. The molecule has 0 bridgehead atoms. The third kappa shape index (κ3) is 3.90. The van der Waals surface area contributed by atoms with Crippen LogP contribution < -0.4 is 0 Å². The van der Waals surface area contributed by atoms with Crippen molar-refractivity contribution in [2.75, 3.05) is 0 Å². The van der Waals surface area contributed by atoms with Gasteiger partial charge in [0, 0.05) is 0 Å². The van der Waals surface area contributed by atoms with E-state index >= 15 is 0 Å². The van der Waals surface area contributed by atoms with Gasteiger partial charge in [0.1, 0.15) is 0 Å². The molecule has 1 fully saturated rings. The lowest BCUT2D eigenvalue weighted by Crippen LogP contribution is -2.06. The molecule has 0 aromatic rings. The predicted octanol–water partition coefficient (Wildman–Crippen LogP) is 1.91. The first kappa shape index (κ1) is 9.24. The van der Waals surface area contributed by atoms with Gasteiger partial charge in [-0.3, -0.25) is 4.57 Å². The zero-order valence-corrected chi connectivity index (χ0v) is 7.33. The molecule has 0 heterocycles. The van der Waals surface area contributed by atoms with Crippen molar-refractivity contribution in [1.82, 2.24) is 0 Å². The van der Waals surface area contributed by atoms with Gasteiger partial charge in [-0.1, -0.05) is 19.3 Å². The predicted molar refractivity (Wildman–Crippen MR) is 42.9 cm³/mol. The smallest absolute Gasteiger partial charge is 0.324 e. The van der Waals surface area contributed by atoms with Crippen molar-refractivity contribution < 1.29 is 14.4 Å². The normalized spacial score (nSPS) is 22.0. The summed E-state index contributed by atoms with van der Waals surface area (Å²) in [6.07, 6.45) is 6.55. The minimum atomic E-state index is -3.86. The van der Waals surface area contributed by atoms with E-state index in [0.29, 0.717) is 0 Å². The van der Waals surface area contributed by atoms with Gasteiger partial charge in [0.2, 0.25) is 0 Å². The Morgan fingerprint density at radius 1 is 1.18 bits per heavy atom. The second-order valence-electron chi connectivity index (χ2n) is 3.14. The fourth-order valence-corrected chi connectivity index (χ4v) is 2.41. The highest BCUT2D eigenvalue weighted by molar-refractivity contribution is 7.54. The maximum absolute atomic E-state index is 10.5. The van der Waals surface area contributed by atoms with Crippen molar-refractivity contribution in [1.29, 1.82) is 0 Å².